The molecular formula is C18H32N6O2. The van der Waals surface area contributed by atoms with Gasteiger partial charge in [0.1, 0.15) is 5.52 Å². The van der Waals surface area contributed by atoms with Gasteiger partial charge in [-0.25, -0.2) is 4.79 Å². The van der Waals surface area contributed by atoms with Crippen LogP contribution in [0, 0.1) is 0 Å². The minimum Gasteiger partial charge on any atom is -0.463 e. The number of imidazole rings is 1. The molecule has 8 nitrogen and oxygen atoms in total. The van der Waals surface area contributed by atoms with Gasteiger partial charge in [-0.3, -0.25) is 4.57 Å². The van der Waals surface area contributed by atoms with Crippen LogP contribution in [0.4, 0.5) is 5.82 Å². The van der Waals surface area contributed by atoms with Crippen LogP contribution in [0.3, 0.4) is 0 Å². The van der Waals surface area contributed by atoms with Gasteiger partial charge in [0.2, 0.25) is 0 Å². The van der Waals surface area contributed by atoms with Crippen molar-refractivity contribution in [3.05, 3.63) is 10.5 Å². The maximum absolute atomic E-state index is 12.3. The molecule has 0 fully saturated rings. The number of hydrogen-bond donors (Lipinski definition) is 2. The molecule has 0 saturated heterocycles. The Hall–Kier alpha value is -2.09. The molecule has 146 valence electrons. The number of aryl methyl sites for hydroxylation is 1. The van der Waals surface area contributed by atoms with E-state index in [1.807, 2.05) is 0 Å². The standard InChI is InChI=1S/C18H32N6O2/c1-6-7-12-26-16-21-14(19)13-15(22-16)24(17(25)20-13)11-9-8-10-23(5)18(2,3)4/h6-12H2,1-5H3,(H,20,25)(H2,19,21,22). The molecule has 0 spiro atoms. The minimum atomic E-state index is -0.212. The first-order chi connectivity index (χ1) is 12.2. The predicted molar refractivity (Wildman–Crippen MR) is 105 cm³/mol. The number of nitrogens with one attached hydrogen (secondary N) is 1. The van der Waals surface area contributed by atoms with Gasteiger partial charge in [0, 0.05) is 12.1 Å². The maximum Gasteiger partial charge on any atom is 0.327 e. The Morgan fingerprint density at radius 3 is 2.62 bits per heavy atom. The fraction of sp³-hybridized carbons (Fsp3) is 0.722. The van der Waals surface area contributed by atoms with E-state index in [0.29, 0.717) is 24.3 Å². The monoisotopic (exact) mass is 364 g/mol. The molecule has 26 heavy (non-hydrogen) atoms. The number of nitrogen functional groups attached to an aromatic ring is 1. The molecule has 0 aliphatic rings. The second-order valence-corrected chi connectivity index (χ2v) is 7.67. The fourth-order valence-electron chi connectivity index (χ4n) is 2.56. The number of aromatic nitrogens is 4. The molecule has 2 aromatic rings. The molecule has 0 atom stereocenters. The SMILES string of the molecule is CCCCOc1nc(N)c2[nH]c(=O)n(CCCCN(C)C(C)(C)C)c2n1. The van der Waals surface area contributed by atoms with Crippen molar-refractivity contribution in [1.29, 1.82) is 0 Å². The Balaban J connectivity index is 2.09. The molecule has 2 aromatic heterocycles. The summed E-state index contributed by atoms with van der Waals surface area (Å²) < 4.78 is 7.18. The molecular weight excluding hydrogens is 332 g/mol. The fourth-order valence-corrected chi connectivity index (χ4v) is 2.56. The van der Waals surface area contributed by atoms with Crippen LogP contribution < -0.4 is 16.2 Å². The summed E-state index contributed by atoms with van der Waals surface area (Å²) >= 11 is 0. The molecule has 0 aromatic carbocycles. The summed E-state index contributed by atoms with van der Waals surface area (Å²) in [5.74, 6) is 0.241. The number of nitrogens with zero attached hydrogens (tertiary/aromatic N) is 4. The molecule has 0 unspecified atom stereocenters. The Kier molecular flexibility index (Phi) is 6.63. The van der Waals surface area contributed by atoms with Crippen LogP contribution in [0.25, 0.3) is 11.2 Å². The van der Waals surface area contributed by atoms with Gasteiger partial charge in [-0.05, 0) is 53.6 Å². The Morgan fingerprint density at radius 1 is 1.23 bits per heavy atom. The van der Waals surface area contributed by atoms with E-state index in [1.165, 1.54) is 0 Å². The summed E-state index contributed by atoms with van der Waals surface area (Å²) in [4.78, 5) is 25.9. The van der Waals surface area contributed by atoms with Crippen LogP contribution >= 0.6 is 0 Å². The predicted octanol–water partition coefficient (Wildman–Crippen LogP) is 2.39. The summed E-state index contributed by atoms with van der Waals surface area (Å²) in [7, 11) is 2.12. The molecule has 0 bridgehead atoms. The highest BCUT2D eigenvalue weighted by atomic mass is 16.5. The van der Waals surface area contributed by atoms with Crippen molar-refractivity contribution in [3.63, 3.8) is 0 Å². The maximum atomic E-state index is 12.3. The second kappa shape index (κ2) is 8.53. The van der Waals surface area contributed by atoms with Crippen molar-refractivity contribution in [2.24, 2.45) is 0 Å². The normalized spacial score (nSPS) is 12.2. The van der Waals surface area contributed by atoms with Gasteiger partial charge in [-0.2, -0.15) is 9.97 Å². The molecule has 0 aliphatic carbocycles. The zero-order chi connectivity index (χ0) is 19.3. The van der Waals surface area contributed by atoms with E-state index < -0.39 is 0 Å². The lowest BCUT2D eigenvalue weighted by molar-refractivity contribution is 0.172. The number of anilines is 1. The van der Waals surface area contributed by atoms with E-state index >= 15 is 0 Å². The molecule has 2 rings (SSSR count). The molecule has 2 heterocycles. The Morgan fingerprint density at radius 2 is 1.96 bits per heavy atom. The highest BCUT2D eigenvalue weighted by molar-refractivity contribution is 5.81. The smallest absolute Gasteiger partial charge is 0.327 e. The molecule has 0 radical (unpaired) electrons. The van der Waals surface area contributed by atoms with Crippen molar-refractivity contribution in [1.82, 2.24) is 24.4 Å². The third kappa shape index (κ3) is 4.97. The van der Waals surface area contributed by atoms with E-state index in [2.05, 4.69) is 54.6 Å². The van der Waals surface area contributed by atoms with Crippen LogP contribution in [0.2, 0.25) is 0 Å². The lowest BCUT2D eigenvalue weighted by Crippen LogP contribution is -2.38. The quantitative estimate of drug-likeness (QED) is 0.662. The van der Waals surface area contributed by atoms with Crippen molar-refractivity contribution < 1.29 is 4.74 Å². The highest BCUT2D eigenvalue weighted by Crippen LogP contribution is 2.18. The number of hydrogen-bond acceptors (Lipinski definition) is 6. The largest absolute Gasteiger partial charge is 0.463 e. The topological polar surface area (TPSA) is 102 Å². The van der Waals surface area contributed by atoms with Crippen molar-refractivity contribution in [3.8, 4) is 6.01 Å². The summed E-state index contributed by atoms with van der Waals surface area (Å²) in [5.41, 5.74) is 6.88. The third-order valence-corrected chi connectivity index (χ3v) is 4.63. The van der Waals surface area contributed by atoms with Crippen LogP contribution in [0.5, 0.6) is 6.01 Å². The van der Waals surface area contributed by atoms with Crippen molar-refractivity contribution in [2.75, 3.05) is 25.9 Å². The molecule has 0 saturated carbocycles. The molecule has 0 aliphatic heterocycles. The van der Waals surface area contributed by atoms with Gasteiger partial charge in [0.15, 0.2) is 11.5 Å². The summed E-state index contributed by atoms with van der Waals surface area (Å²) in [6.45, 7) is 10.8. The zero-order valence-electron chi connectivity index (χ0n) is 16.6. The Bertz CT molecular complexity index is 774. The lowest BCUT2D eigenvalue weighted by Gasteiger charge is -2.31. The van der Waals surface area contributed by atoms with Crippen LogP contribution in [-0.4, -0.2) is 50.2 Å². The van der Waals surface area contributed by atoms with Gasteiger partial charge in [0.05, 0.1) is 6.61 Å². The average molecular weight is 364 g/mol. The highest BCUT2D eigenvalue weighted by Gasteiger charge is 2.17. The number of rotatable bonds is 9. The number of aromatic amines is 1. The van der Waals surface area contributed by atoms with Gasteiger partial charge < -0.3 is 20.4 Å². The average Bonchev–Trinajstić information content (AvgIpc) is 2.87. The summed E-state index contributed by atoms with van der Waals surface area (Å²) in [6.07, 6.45) is 3.81. The number of ether oxygens (including phenoxy) is 1. The second-order valence-electron chi connectivity index (χ2n) is 7.67. The number of H-pyrrole nitrogens is 1. The number of fused-ring (bicyclic) bond motifs is 1. The minimum absolute atomic E-state index is 0.143. The molecule has 3 N–H and O–H groups in total. The van der Waals surface area contributed by atoms with Gasteiger partial charge in [-0.1, -0.05) is 13.3 Å². The molecule has 0 amide bonds. The summed E-state index contributed by atoms with van der Waals surface area (Å²) in [5, 5.41) is 0. The van der Waals surface area contributed by atoms with Crippen molar-refractivity contribution >= 4 is 17.0 Å². The van der Waals surface area contributed by atoms with Gasteiger partial charge >= 0.3 is 11.7 Å². The van der Waals surface area contributed by atoms with Crippen LogP contribution in [0.15, 0.2) is 4.79 Å². The van der Waals surface area contributed by atoms with E-state index in [0.717, 1.165) is 32.2 Å². The third-order valence-electron chi connectivity index (χ3n) is 4.63. The molecule has 8 heteroatoms. The Labute approximate surface area is 154 Å². The van der Waals surface area contributed by atoms with Crippen molar-refractivity contribution in [2.45, 2.75) is 65.5 Å². The first-order valence-electron chi connectivity index (χ1n) is 9.34. The number of unbranched alkanes of at least 4 members (excludes halogenated alkanes) is 2. The van der Waals surface area contributed by atoms with E-state index in [9.17, 15) is 4.79 Å². The first kappa shape index (κ1) is 20.2. The van der Waals surface area contributed by atoms with Gasteiger partial charge in [0.25, 0.3) is 0 Å². The zero-order valence-corrected chi connectivity index (χ0v) is 16.6. The lowest BCUT2D eigenvalue weighted by atomic mass is 10.1. The number of nitrogens with two attached hydrogens (primary N) is 1. The van der Waals surface area contributed by atoms with E-state index in [1.54, 1.807) is 4.57 Å². The van der Waals surface area contributed by atoms with Gasteiger partial charge in [-0.15, -0.1) is 0 Å². The van der Waals surface area contributed by atoms with Crippen LogP contribution in [0.1, 0.15) is 53.4 Å². The van der Waals surface area contributed by atoms with E-state index in [-0.39, 0.29) is 23.1 Å². The van der Waals surface area contributed by atoms with Crippen LogP contribution in [-0.2, 0) is 6.54 Å². The first-order valence-corrected chi connectivity index (χ1v) is 9.34. The van der Waals surface area contributed by atoms with E-state index in [4.69, 9.17) is 10.5 Å². The summed E-state index contributed by atoms with van der Waals surface area (Å²) in [6, 6.07) is 0.226.